The van der Waals surface area contributed by atoms with Gasteiger partial charge in [-0.3, -0.25) is 9.59 Å². The molecule has 2 aromatic rings. The molecule has 0 atom stereocenters. The van der Waals surface area contributed by atoms with Gasteiger partial charge in [0.25, 0.3) is 5.91 Å². The van der Waals surface area contributed by atoms with Gasteiger partial charge in [0.05, 0.1) is 6.61 Å². The number of fused-ring (bicyclic) bond motifs is 1. The van der Waals surface area contributed by atoms with Crippen molar-refractivity contribution in [1.29, 1.82) is 0 Å². The van der Waals surface area contributed by atoms with Crippen LogP contribution in [0.15, 0.2) is 54.6 Å². The summed E-state index contributed by atoms with van der Waals surface area (Å²) in [4.78, 5) is 25.5. The second-order valence-corrected chi connectivity index (χ2v) is 5.27. The Hall–Kier alpha value is -2.62. The molecule has 3 rings (SSSR count). The number of carbonyl (C=O) groups is 2. The molecule has 2 aromatic carbocycles. The van der Waals surface area contributed by atoms with Gasteiger partial charge in [-0.15, -0.1) is 0 Å². The summed E-state index contributed by atoms with van der Waals surface area (Å²) < 4.78 is 5.22. The molecule has 0 aliphatic carbocycles. The van der Waals surface area contributed by atoms with E-state index >= 15 is 0 Å². The fourth-order valence-electron chi connectivity index (χ4n) is 2.57. The average Bonchev–Trinajstić information content (AvgIpc) is 2.85. The van der Waals surface area contributed by atoms with Crippen LogP contribution in [0.2, 0.25) is 0 Å². The highest BCUT2D eigenvalue weighted by Crippen LogP contribution is 2.21. The third kappa shape index (κ3) is 3.17. The second-order valence-electron chi connectivity index (χ2n) is 5.27. The molecule has 0 saturated heterocycles. The predicted molar refractivity (Wildman–Crippen MR) is 82.3 cm³/mol. The summed E-state index contributed by atoms with van der Waals surface area (Å²) in [7, 11) is 0. The molecular formula is C18H17NO3. The van der Waals surface area contributed by atoms with Crippen LogP contribution in [0.25, 0.3) is 0 Å². The minimum Gasteiger partial charge on any atom is -0.464 e. The minimum atomic E-state index is -0.364. The van der Waals surface area contributed by atoms with Crippen molar-refractivity contribution in [2.45, 2.75) is 13.0 Å². The van der Waals surface area contributed by atoms with Crippen LogP contribution in [0, 0.1) is 0 Å². The monoisotopic (exact) mass is 295 g/mol. The maximum absolute atomic E-state index is 12.1. The molecule has 0 saturated carbocycles. The van der Waals surface area contributed by atoms with Gasteiger partial charge in [-0.1, -0.05) is 48.5 Å². The molecule has 0 fully saturated rings. The van der Waals surface area contributed by atoms with Gasteiger partial charge in [-0.2, -0.15) is 0 Å². The van der Waals surface area contributed by atoms with Crippen LogP contribution in [0.1, 0.15) is 21.5 Å². The van der Waals surface area contributed by atoms with Gasteiger partial charge in [-0.05, 0) is 17.2 Å². The largest absolute Gasteiger partial charge is 0.464 e. The molecule has 22 heavy (non-hydrogen) atoms. The van der Waals surface area contributed by atoms with E-state index in [2.05, 4.69) is 0 Å². The molecule has 4 nitrogen and oxygen atoms in total. The summed E-state index contributed by atoms with van der Waals surface area (Å²) in [5, 5.41) is 0. The van der Waals surface area contributed by atoms with Gasteiger partial charge in [0.2, 0.25) is 0 Å². The van der Waals surface area contributed by atoms with Crippen LogP contribution in [0.5, 0.6) is 0 Å². The van der Waals surface area contributed by atoms with E-state index < -0.39 is 0 Å². The normalized spacial score (nSPS) is 13.1. The molecule has 0 N–H and O–H groups in total. The van der Waals surface area contributed by atoms with Crippen molar-refractivity contribution in [3.63, 3.8) is 0 Å². The number of hydrogen-bond acceptors (Lipinski definition) is 3. The molecule has 0 unspecified atom stereocenters. The Kier molecular flexibility index (Phi) is 4.19. The van der Waals surface area contributed by atoms with E-state index in [-0.39, 0.29) is 18.4 Å². The number of carbonyl (C=O) groups excluding carboxylic acids is 2. The van der Waals surface area contributed by atoms with Crippen molar-refractivity contribution < 1.29 is 14.3 Å². The highest BCUT2D eigenvalue weighted by Gasteiger charge is 2.28. The Labute approximate surface area is 129 Å². The molecule has 1 amide bonds. The SMILES string of the molecule is O=C(CN1Cc2ccccc2C1=O)OCCc1ccccc1. The zero-order chi connectivity index (χ0) is 15.4. The second kappa shape index (κ2) is 6.43. The highest BCUT2D eigenvalue weighted by atomic mass is 16.5. The van der Waals surface area contributed by atoms with E-state index in [4.69, 9.17) is 4.74 Å². The first-order valence-electron chi connectivity index (χ1n) is 7.31. The van der Waals surface area contributed by atoms with Crippen LogP contribution in [0.4, 0.5) is 0 Å². The van der Waals surface area contributed by atoms with Crippen molar-refractivity contribution >= 4 is 11.9 Å². The Bertz CT molecular complexity index is 682. The van der Waals surface area contributed by atoms with Crippen LogP contribution in [-0.2, 0) is 22.5 Å². The first kappa shape index (κ1) is 14.3. The number of esters is 1. The van der Waals surface area contributed by atoms with Crippen molar-refractivity contribution in [1.82, 2.24) is 4.90 Å². The van der Waals surface area contributed by atoms with Crippen LogP contribution >= 0.6 is 0 Å². The van der Waals surface area contributed by atoms with Gasteiger partial charge < -0.3 is 9.64 Å². The molecule has 1 aliphatic heterocycles. The Morgan fingerprint density at radius 1 is 1.05 bits per heavy atom. The maximum Gasteiger partial charge on any atom is 0.325 e. The summed E-state index contributed by atoms with van der Waals surface area (Å²) in [6, 6.07) is 17.3. The zero-order valence-electron chi connectivity index (χ0n) is 12.2. The van der Waals surface area contributed by atoms with Gasteiger partial charge in [0.15, 0.2) is 0 Å². The molecule has 0 bridgehead atoms. The van der Waals surface area contributed by atoms with E-state index in [1.54, 1.807) is 6.07 Å². The van der Waals surface area contributed by atoms with Crippen molar-refractivity contribution in [3.05, 3.63) is 71.3 Å². The first-order chi connectivity index (χ1) is 10.7. The topological polar surface area (TPSA) is 46.6 Å². The molecule has 0 radical (unpaired) electrons. The number of nitrogens with zero attached hydrogens (tertiary/aromatic N) is 1. The molecule has 1 heterocycles. The van der Waals surface area contributed by atoms with E-state index in [9.17, 15) is 9.59 Å². The van der Waals surface area contributed by atoms with Crippen molar-refractivity contribution in [2.75, 3.05) is 13.2 Å². The van der Waals surface area contributed by atoms with Crippen LogP contribution in [-0.4, -0.2) is 29.9 Å². The molecule has 112 valence electrons. The van der Waals surface area contributed by atoms with E-state index in [0.717, 1.165) is 11.1 Å². The van der Waals surface area contributed by atoms with Crippen LogP contribution < -0.4 is 0 Å². The van der Waals surface area contributed by atoms with Gasteiger partial charge >= 0.3 is 5.97 Å². The summed E-state index contributed by atoms with van der Waals surface area (Å²) in [5.74, 6) is -0.465. The van der Waals surface area contributed by atoms with E-state index in [1.807, 2.05) is 48.5 Å². The van der Waals surface area contributed by atoms with Gasteiger partial charge in [0, 0.05) is 18.5 Å². The molecule has 0 spiro atoms. The number of rotatable bonds is 5. The minimum absolute atomic E-state index is 0.00228. The number of hydrogen-bond donors (Lipinski definition) is 0. The fraction of sp³-hybridized carbons (Fsp3) is 0.222. The summed E-state index contributed by atoms with van der Waals surface area (Å²) >= 11 is 0. The molecule has 4 heteroatoms. The lowest BCUT2D eigenvalue weighted by Gasteiger charge is -2.14. The maximum atomic E-state index is 12.1. The zero-order valence-corrected chi connectivity index (χ0v) is 12.2. The molecule has 1 aliphatic rings. The molecular weight excluding hydrogens is 278 g/mol. The van der Waals surface area contributed by atoms with E-state index in [0.29, 0.717) is 25.1 Å². The van der Waals surface area contributed by atoms with Crippen molar-refractivity contribution in [2.24, 2.45) is 0 Å². The van der Waals surface area contributed by atoms with Crippen molar-refractivity contribution in [3.8, 4) is 0 Å². The first-order valence-corrected chi connectivity index (χ1v) is 7.31. The number of benzene rings is 2. The third-order valence-corrected chi connectivity index (χ3v) is 3.71. The van der Waals surface area contributed by atoms with Gasteiger partial charge in [0.1, 0.15) is 6.54 Å². The quantitative estimate of drug-likeness (QED) is 0.796. The predicted octanol–water partition coefficient (Wildman–Crippen LogP) is 2.43. The summed E-state index contributed by atoms with van der Waals surface area (Å²) in [6.45, 7) is 0.808. The lowest BCUT2D eigenvalue weighted by atomic mass is 10.1. The number of amides is 1. The fourth-order valence-corrected chi connectivity index (χ4v) is 2.57. The number of ether oxygens (including phenoxy) is 1. The lowest BCUT2D eigenvalue weighted by molar-refractivity contribution is -0.144. The lowest BCUT2D eigenvalue weighted by Crippen LogP contribution is -2.31. The molecule has 0 aromatic heterocycles. The smallest absolute Gasteiger partial charge is 0.325 e. The average molecular weight is 295 g/mol. The Morgan fingerprint density at radius 2 is 1.77 bits per heavy atom. The third-order valence-electron chi connectivity index (χ3n) is 3.71. The highest BCUT2D eigenvalue weighted by molar-refractivity contribution is 5.99. The summed E-state index contributed by atoms with van der Waals surface area (Å²) in [5.41, 5.74) is 2.77. The van der Waals surface area contributed by atoms with Crippen LogP contribution in [0.3, 0.4) is 0 Å². The Balaban J connectivity index is 1.48. The van der Waals surface area contributed by atoms with Gasteiger partial charge in [-0.25, -0.2) is 0 Å². The summed E-state index contributed by atoms with van der Waals surface area (Å²) in [6.07, 6.45) is 0.681. The van der Waals surface area contributed by atoms with E-state index in [1.165, 1.54) is 4.90 Å². The standard InChI is InChI=1S/C18H17NO3/c20-17(22-11-10-14-6-2-1-3-7-14)13-19-12-15-8-4-5-9-16(15)18(19)21/h1-9H,10-13H2. The Morgan fingerprint density at radius 3 is 2.55 bits per heavy atom.